The lowest BCUT2D eigenvalue weighted by Crippen LogP contribution is -2.31. The second kappa shape index (κ2) is 6.54. The fraction of sp³-hybridized carbons (Fsp3) is 0.692. The molecular formula is C13H22N4O. The minimum absolute atomic E-state index is 0.406. The quantitative estimate of drug-likeness (QED) is 0.852. The Morgan fingerprint density at radius 3 is 3.17 bits per heavy atom. The Morgan fingerprint density at radius 2 is 2.33 bits per heavy atom. The molecule has 0 aliphatic carbocycles. The highest BCUT2D eigenvalue weighted by Gasteiger charge is 2.13. The van der Waals surface area contributed by atoms with Crippen molar-refractivity contribution in [3.05, 3.63) is 11.8 Å². The summed E-state index contributed by atoms with van der Waals surface area (Å²) in [7, 11) is 0. The van der Waals surface area contributed by atoms with E-state index in [1.807, 2.05) is 19.9 Å². The molecule has 1 atom stereocenters. The van der Waals surface area contributed by atoms with Crippen LogP contribution in [0.3, 0.4) is 0 Å². The van der Waals surface area contributed by atoms with Crippen molar-refractivity contribution in [1.82, 2.24) is 15.3 Å². The molecule has 1 fully saturated rings. The maximum atomic E-state index is 5.43. The minimum Gasteiger partial charge on any atom is -0.478 e. The average Bonchev–Trinajstić information content (AvgIpc) is 2.57. The standard InChI is InChI=1S/C13H22N4O/c1-3-18-12-8-10(2)15-13(17-12)16-11-6-4-5-7-14-9-11/h8,11,14H,3-7,9H2,1-2H3,(H,15,16,17). The fourth-order valence-electron chi connectivity index (χ4n) is 2.15. The predicted molar refractivity (Wildman–Crippen MR) is 72.1 cm³/mol. The van der Waals surface area contributed by atoms with Crippen LogP contribution in [0.5, 0.6) is 5.88 Å². The van der Waals surface area contributed by atoms with Gasteiger partial charge in [0.2, 0.25) is 11.8 Å². The number of nitrogens with one attached hydrogen (secondary N) is 2. The molecule has 1 saturated heterocycles. The molecule has 1 aromatic rings. The summed E-state index contributed by atoms with van der Waals surface area (Å²) in [5.74, 6) is 1.32. The highest BCUT2D eigenvalue weighted by molar-refractivity contribution is 5.31. The maximum absolute atomic E-state index is 5.43. The summed E-state index contributed by atoms with van der Waals surface area (Å²) < 4.78 is 5.43. The van der Waals surface area contributed by atoms with E-state index in [0.717, 1.165) is 25.2 Å². The molecule has 0 saturated carbocycles. The molecule has 2 rings (SSSR count). The Morgan fingerprint density at radius 1 is 1.44 bits per heavy atom. The van der Waals surface area contributed by atoms with Crippen molar-refractivity contribution >= 4 is 5.95 Å². The third-order valence-corrected chi connectivity index (χ3v) is 3.00. The van der Waals surface area contributed by atoms with Gasteiger partial charge in [-0.25, -0.2) is 4.98 Å². The van der Waals surface area contributed by atoms with Crippen LogP contribution in [0.15, 0.2) is 6.07 Å². The summed E-state index contributed by atoms with van der Waals surface area (Å²) in [5, 5.41) is 6.82. The molecule has 1 aliphatic heterocycles. The van der Waals surface area contributed by atoms with E-state index in [-0.39, 0.29) is 0 Å². The normalized spacial score (nSPS) is 20.2. The highest BCUT2D eigenvalue weighted by Crippen LogP contribution is 2.14. The van der Waals surface area contributed by atoms with Crippen molar-refractivity contribution in [3.8, 4) is 5.88 Å². The Hall–Kier alpha value is -1.36. The number of aryl methyl sites for hydroxylation is 1. The van der Waals surface area contributed by atoms with Crippen LogP contribution >= 0.6 is 0 Å². The first-order valence-electron chi connectivity index (χ1n) is 6.73. The molecule has 0 bridgehead atoms. The van der Waals surface area contributed by atoms with Gasteiger partial charge in [-0.15, -0.1) is 0 Å². The van der Waals surface area contributed by atoms with Crippen LogP contribution in [-0.2, 0) is 0 Å². The van der Waals surface area contributed by atoms with E-state index in [9.17, 15) is 0 Å². The molecule has 0 spiro atoms. The summed E-state index contributed by atoms with van der Waals surface area (Å²) in [6.07, 6.45) is 3.65. The lowest BCUT2D eigenvalue weighted by Gasteiger charge is -2.17. The summed E-state index contributed by atoms with van der Waals surface area (Å²) in [6.45, 7) is 6.62. The van der Waals surface area contributed by atoms with Gasteiger partial charge in [-0.05, 0) is 33.2 Å². The molecular weight excluding hydrogens is 228 g/mol. The van der Waals surface area contributed by atoms with Gasteiger partial charge in [-0.1, -0.05) is 6.42 Å². The van der Waals surface area contributed by atoms with Crippen molar-refractivity contribution in [2.24, 2.45) is 0 Å². The number of ether oxygens (including phenoxy) is 1. The summed E-state index contributed by atoms with van der Waals surface area (Å²) in [4.78, 5) is 8.79. The van der Waals surface area contributed by atoms with Crippen LogP contribution in [0, 0.1) is 6.92 Å². The first-order valence-corrected chi connectivity index (χ1v) is 6.73. The SMILES string of the molecule is CCOc1cc(C)nc(NC2CCCCNC2)n1. The van der Waals surface area contributed by atoms with E-state index in [1.54, 1.807) is 0 Å². The monoisotopic (exact) mass is 250 g/mol. The second-order valence-electron chi connectivity index (χ2n) is 4.65. The zero-order valence-electron chi connectivity index (χ0n) is 11.2. The number of hydrogen-bond donors (Lipinski definition) is 2. The third kappa shape index (κ3) is 3.84. The van der Waals surface area contributed by atoms with Gasteiger partial charge >= 0.3 is 0 Å². The van der Waals surface area contributed by atoms with E-state index in [2.05, 4.69) is 20.6 Å². The van der Waals surface area contributed by atoms with E-state index < -0.39 is 0 Å². The van der Waals surface area contributed by atoms with E-state index >= 15 is 0 Å². The number of hydrogen-bond acceptors (Lipinski definition) is 5. The molecule has 0 aromatic carbocycles. The van der Waals surface area contributed by atoms with Crippen molar-refractivity contribution in [2.45, 2.75) is 39.2 Å². The Kier molecular flexibility index (Phi) is 4.75. The topological polar surface area (TPSA) is 59.1 Å². The van der Waals surface area contributed by atoms with Crippen LogP contribution < -0.4 is 15.4 Å². The van der Waals surface area contributed by atoms with Crippen LogP contribution in [0.2, 0.25) is 0 Å². The van der Waals surface area contributed by atoms with Crippen molar-refractivity contribution in [3.63, 3.8) is 0 Å². The van der Waals surface area contributed by atoms with Gasteiger partial charge in [0.15, 0.2) is 0 Å². The van der Waals surface area contributed by atoms with Gasteiger partial charge in [0.1, 0.15) is 0 Å². The van der Waals surface area contributed by atoms with E-state index in [4.69, 9.17) is 4.74 Å². The smallest absolute Gasteiger partial charge is 0.226 e. The second-order valence-corrected chi connectivity index (χ2v) is 4.65. The van der Waals surface area contributed by atoms with Gasteiger partial charge in [0, 0.05) is 24.3 Å². The summed E-state index contributed by atoms with van der Waals surface area (Å²) in [6, 6.07) is 2.27. The fourth-order valence-corrected chi connectivity index (χ4v) is 2.15. The number of rotatable bonds is 4. The average molecular weight is 250 g/mol. The number of aromatic nitrogens is 2. The summed E-state index contributed by atoms with van der Waals surface area (Å²) >= 11 is 0. The van der Waals surface area contributed by atoms with Crippen molar-refractivity contribution in [2.75, 3.05) is 25.0 Å². The van der Waals surface area contributed by atoms with Crippen LogP contribution in [0.25, 0.3) is 0 Å². The summed E-state index contributed by atoms with van der Waals surface area (Å²) in [5.41, 5.74) is 0.928. The highest BCUT2D eigenvalue weighted by atomic mass is 16.5. The van der Waals surface area contributed by atoms with E-state index in [0.29, 0.717) is 24.5 Å². The van der Waals surface area contributed by atoms with Crippen molar-refractivity contribution < 1.29 is 4.74 Å². The van der Waals surface area contributed by atoms with Gasteiger partial charge in [-0.2, -0.15) is 4.98 Å². The van der Waals surface area contributed by atoms with Crippen LogP contribution in [0.1, 0.15) is 31.9 Å². The molecule has 18 heavy (non-hydrogen) atoms. The number of nitrogens with zero attached hydrogens (tertiary/aromatic N) is 2. The minimum atomic E-state index is 0.406. The van der Waals surface area contributed by atoms with Gasteiger partial charge in [0.05, 0.1) is 6.61 Å². The molecule has 5 nitrogen and oxygen atoms in total. The first-order chi connectivity index (χ1) is 8.78. The van der Waals surface area contributed by atoms with E-state index in [1.165, 1.54) is 12.8 Å². The first kappa shape index (κ1) is 13.1. The van der Waals surface area contributed by atoms with Gasteiger partial charge in [0.25, 0.3) is 0 Å². The Balaban J connectivity index is 2.02. The lowest BCUT2D eigenvalue weighted by molar-refractivity contribution is 0.326. The molecule has 100 valence electrons. The third-order valence-electron chi connectivity index (χ3n) is 3.00. The molecule has 0 radical (unpaired) electrons. The van der Waals surface area contributed by atoms with Crippen molar-refractivity contribution in [1.29, 1.82) is 0 Å². The number of anilines is 1. The Labute approximate surface area is 108 Å². The lowest BCUT2D eigenvalue weighted by atomic mass is 10.1. The molecule has 0 amide bonds. The molecule has 2 heterocycles. The molecule has 5 heteroatoms. The predicted octanol–water partition coefficient (Wildman–Crippen LogP) is 1.74. The molecule has 1 aliphatic rings. The zero-order chi connectivity index (χ0) is 12.8. The van der Waals surface area contributed by atoms with Crippen LogP contribution in [-0.4, -0.2) is 35.7 Å². The molecule has 2 N–H and O–H groups in total. The molecule has 1 unspecified atom stereocenters. The van der Waals surface area contributed by atoms with Gasteiger partial charge in [-0.3, -0.25) is 0 Å². The zero-order valence-corrected chi connectivity index (χ0v) is 11.2. The maximum Gasteiger partial charge on any atom is 0.226 e. The molecule has 1 aromatic heterocycles. The van der Waals surface area contributed by atoms with Crippen LogP contribution in [0.4, 0.5) is 5.95 Å². The largest absolute Gasteiger partial charge is 0.478 e. The van der Waals surface area contributed by atoms with Gasteiger partial charge < -0.3 is 15.4 Å². The Bertz CT molecular complexity index is 375.